The first-order valence-electron chi connectivity index (χ1n) is 9.94. The van der Waals surface area contributed by atoms with Crippen LogP contribution in [0.3, 0.4) is 0 Å². The Labute approximate surface area is 178 Å². The zero-order valence-corrected chi connectivity index (χ0v) is 17.7. The fourth-order valence-electron chi connectivity index (χ4n) is 3.70. The molecule has 0 unspecified atom stereocenters. The Hall–Kier alpha value is -3.07. The third kappa shape index (κ3) is 3.85. The number of carbonyl (C=O) groups is 2. The topological polar surface area (TPSA) is 82.9 Å². The van der Waals surface area contributed by atoms with Crippen LogP contribution in [0.2, 0.25) is 0 Å². The van der Waals surface area contributed by atoms with Gasteiger partial charge >= 0.3 is 12.2 Å². The number of piperidine rings is 1. The SMILES string of the molecule is CCOC(=O)OC1=Cn2ccnc2C(=C2CCN(C(=O)OCC)CC2)c2ccsc21. The molecule has 158 valence electrons. The molecule has 0 aromatic carbocycles. The van der Waals surface area contributed by atoms with E-state index in [1.807, 2.05) is 29.1 Å². The van der Waals surface area contributed by atoms with Crippen LogP contribution in [0.15, 0.2) is 29.4 Å². The molecule has 1 fully saturated rings. The summed E-state index contributed by atoms with van der Waals surface area (Å²) in [6.07, 6.45) is 5.76. The van der Waals surface area contributed by atoms with E-state index in [2.05, 4.69) is 4.98 Å². The number of carbonyl (C=O) groups excluding carboxylic acids is 2. The van der Waals surface area contributed by atoms with Gasteiger partial charge in [-0.3, -0.25) is 0 Å². The average molecular weight is 429 g/mol. The van der Waals surface area contributed by atoms with Crippen molar-refractivity contribution in [3.05, 3.63) is 45.7 Å². The number of thiophene rings is 1. The molecule has 0 atom stereocenters. The Bertz CT molecular complexity index is 1010. The van der Waals surface area contributed by atoms with Crippen molar-refractivity contribution in [1.29, 1.82) is 0 Å². The molecule has 2 aromatic heterocycles. The predicted octanol–water partition coefficient (Wildman–Crippen LogP) is 4.44. The minimum absolute atomic E-state index is 0.242. The molecule has 4 rings (SSSR count). The smallest absolute Gasteiger partial charge is 0.450 e. The van der Waals surface area contributed by atoms with E-state index in [1.165, 1.54) is 16.9 Å². The number of hydrogen-bond donors (Lipinski definition) is 0. The van der Waals surface area contributed by atoms with Crippen LogP contribution in [0.5, 0.6) is 0 Å². The molecule has 0 N–H and O–H groups in total. The van der Waals surface area contributed by atoms with E-state index in [-0.39, 0.29) is 12.7 Å². The molecule has 0 spiro atoms. The third-order valence-electron chi connectivity index (χ3n) is 5.01. The van der Waals surface area contributed by atoms with Crippen molar-refractivity contribution in [2.45, 2.75) is 26.7 Å². The molecule has 1 saturated heterocycles. The van der Waals surface area contributed by atoms with Crippen molar-refractivity contribution in [2.24, 2.45) is 0 Å². The van der Waals surface area contributed by atoms with Crippen molar-refractivity contribution >= 4 is 41.1 Å². The van der Waals surface area contributed by atoms with Gasteiger partial charge in [0, 0.05) is 36.6 Å². The normalized spacial score (nSPS) is 15.7. The van der Waals surface area contributed by atoms with Gasteiger partial charge in [-0.05, 0) is 38.1 Å². The molecule has 0 bridgehead atoms. The van der Waals surface area contributed by atoms with Crippen LogP contribution in [0.25, 0.3) is 17.5 Å². The maximum absolute atomic E-state index is 12.1. The second kappa shape index (κ2) is 8.74. The van der Waals surface area contributed by atoms with Gasteiger partial charge in [-0.2, -0.15) is 0 Å². The number of likely N-dealkylation sites (tertiary alicyclic amines) is 1. The molecule has 2 aliphatic heterocycles. The van der Waals surface area contributed by atoms with Crippen LogP contribution < -0.4 is 0 Å². The number of fused-ring (bicyclic) bond motifs is 2. The van der Waals surface area contributed by atoms with Crippen molar-refractivity contribution < 1.29 is 23.8 Å². The number of ether oxygens (including phenoxy) is 3. The molecule has 0 aliphatic carbocycles. The first-order valence-corrected chi connectivity index (χ1v) is 10.8. The van der Waals surface area contributed by atoms with Gasteiger partial charge in [-0.25, -0.2) is 14.6 Å². The molecule has 1 amide bonds. The standard InChI is InChI=1S/C21H23N3O5S/c1-3-27-20(25)23-9-5-14(6-10-23)17-15-7-12-30-18(15)16(29-21(26)28-4-2)13-24-11-8-22-19(17)24/h7-8,11-13H,3-6,9-10H2,1-2H3. The lowest BCUT2D eigenvalue weighted by Crippen LogP contribution is -2.37. The first-order chi connectivity index (χ1) is 14.6. The molecule has 0 saturated carbocycles. The highest BCUT2D eigenvalue weighted by molar-refractivity contribution is 7.11. The summed E-state index contributed by atoms with van der Waals surface area (Å²) in [7, 11) is 0. The number of imidazole rings is 1. The van der Waals surface area contributed by atoms with Gasteiger partial charge < -0.3 is 23.7 Å². The fourth-order valence-corrected chi connectivity index (χ4v) is 4.54. The lowest BCUT2D eigenvalue weighted by Gasteiger charge is -2.29. The van der Waals surface area contributed by atoms with Gasteiger partial charge in [0.15, 0.2) is 5.76 Å². The second-order valence-electron chi connectivity index (χ2n) is 6.76. The number of hydrogen-bond acceptors (Lipinski definition) is 7. The summed E-state index contributed by atoms with van der Waals surface area (Å²) in [4.78, 5) is 31.2. The van der Waals surface area contributed by atoms with Crippen LogP contribution in [-0.2, 0) is 14.2 Å². The van der Waals surface area contributed by atoms with Gasteiger partial charge in [0.1, 0.15) is 5.82 Å². The highest BCUT2D eigenvalue weighted by Crippen LogP contribution is 2.41. The summed E-state index contributed by atoms with van der Waals surface area (Å²) < 4.78 is 17.5. The van der Waals surface area contributed by atoms with Crippen LogP contribution in [-0.4, -0.2) is 53.0 Å². The van der Waals surface area contributed by atoms with Gasteiger partial charge in [0.25, 0.3) is 0 Å². The van der Waals surface area contributed by atoms with Gasteiger partial charge in [-0.1, -0.05) is 5.57 Å². The van der Waals surface area contributed by atoms with E-state index in [0.717, 1.165) is 34.7 Å². The molecular weight excluding hydrogens is 406 g/mol. The van der Waals surface area contributed by atoms with E-state index < -0.39 is 6.16 Å². The number of rotatable bonds is 3. The maximum atomic E-state index is 12.1. The highest BCUT2D eigenvalue weighted by atomic mass is 32.1. The van der Waals surface area contributed by atoms with Crippen molar-refractivity contribution in [3.8, 4) is 0 Å². The molecule has 4 heterocycles. The summed E-state index contributed by atoms with van der Waals surface area (Å²) in [6, 6.07) is 2.02. The highest BCUT2D eigenvalue weighted by Gasteiger charge is 2.29. The second-order valence-corrected chi connectivity index (χ2v) is 7.68. The van der Waals surface area contributed by atoms with Crippen molar-refractivity contribution in [3.63, 3.8) is 0 Å². The summed E-state index contributed by atoms with van der Waals surface area (Å²) >= 11 is 1.50. The van der Waals surface area contributed by atoms with Gasteiger partial charge in [0.2, 0.25) is 0 Å². The summed E-state index contributed by atoms with van der Waals surface area (Å²) in [5.41, 5.74) is 3.21. The van der Waals surface area contributed by atoms with Crippen molar-refractivity contribution in [2.75, 3.05) is 26.3 Å². The van der Waals surface area contributed by atoms with Crippen molar-refractivity contribution in [1.82, 2.24) is 14.5 Å². The largest absolute Gasteiger partial charge is 0.513 e. The minimum atomic E-state index is -0.733. The first kappa shape index (κ1) is 20.2. The molecular formula is C21H23N3O5S. The van der Waals surface area contributed by atoms with E-state index in [1.54, 1.807) is 24.2 Å². The quantitative estimate of drug-likeness (QED) is 0.671. The Kier molecular flexibility index (Phi) is 5.89. The molecule has 8 nitrogen and oxygen atoms in total. The molecule has 0 radical (unpaired) electrons. The van der Waals surface area contributed by atoms with Gasteiger partial charge in [-0.15, -0.1) is 11.3 Å². The zero-order chi connectivity index (χ0) is 21.1. The lowest BCUT2D eigenvalue weighted by molar-refractivity contribution is 0.0956. The van der Waals surface area contributed by atoms with E-state index >= 15 is 0 Å². The zero-order valence-electron chi connectivity index (χ0n) is 16.9. The van der Waals surface area contributed by atoms with Crippen LogP contribution in [0.4, 0.5) is 9.59 Å². The molecule has 2 aromatic rings. The Balaban J connectivity index is 1.70. The Morgan fingerprint density at radius 3 is 2.67 bits per heavy atom. The molecule has 30 heavy (non-hydrogen) atoms. The van der Waals surface area contributed by atoms with Crippen LogP contribution >= 0.6 is 11.3 Å². The lowest BCUT2D eigenvalue weighted by atomic mass is 9.93. The van der Waals surface area contributed by atoms with E-state index in [9.17, 15) is 9.59 Å². The summed E-state index contributed by atoms with van der Waals surface area (Å²) in [6.45, 7) is 5.34. The minimum Gasteiger partial charge on any atom is -0.450 e. The van der Waals surface area contributed by atoms with E-state index in [0.29, 0.717) is 25.5 Å². The number of amides is 1. The summed E-state index contributed by atoms with van der Waals surface area (Å²) in [5.74, 6) is 1.22. The Morgan fingerprint density at radius 2 is 1.93 bits per heavy atom. The Morgan fingerprint density at radius 1 is 1.17 bits per heavy atom. The van der Waals surface area contributed by atoms with Crippen LogP contribution in [0.1, 0.15) is 43.0 Å². The van der Waals surface area contributed by atoms with Gasteiger partial charge in [0.05, 0.1) is 24.3 Å². The number of aromatic nitrogens is 2. The fraction of sp³-hybridized carbons (Fsp3) is 0.381. The molecule has 9 heteroatoms. The molecule has 2 aliphatic rings. The number of nitrogens with zero attached hydrogens (tertiary/aromatic N) is 3. The average Bonchev–Trinajstić information content (AvgIpc) is 3.37. The van der Waals surface area contributed by atoms with E-state index in [4.69, 9.17) is 14.2 Å². The monoisotopic (exact) mass is 429 g/mol. The van der Waals surface area contributed by atoms with Crippen LogP contribution in [0, 0.1) is 0 Å². The summed E-state index contributed by atoms with van der Waals surface area (Å²) in [5, 5.41) is 1.97. The third-order valence-corrected chi connectivity index (χ3v) is 5.94. The predicted molar refractivity (Wildman–Crippen MR) is 113 cm³/mol. The maximum Gasteiger partial charge on any atom is 0.513 e.